The number of phenols is 1. The van der Waals surface area contributed by atoms with Gasteiger partial charge in [-0.05, 0) is 44.0 Å². The van der Waals surface area contributed by atoms with Crippen molar-refractivity contribution < 1.29 is 9.90 Å². The normalized spacial score (nSPS) is 14.1. The summed E-state index contributed by atoms with van der Waals surface area (Å²) in [6, 6.07) is 6.27. The molecule has 0 spiro atoms. The van der Waals surface area contributed by atoms with E-state index < -0.39 is 0 Å². The zero-order valence-electron chi connectivity index (χ0n) is 10.2. The molecule has 1 aromatic carbocycles. The first-order chi connectivity index (χ1) is 8.00. The number of carbonyl (C=O) groups excluding carboxylic acids is 1. The van der Waals surface area contributed by atoms with E-state index in [-0.39, 0.29) is 17.2 Å². The van der Waals surface area contributed by atoms with Gasteiger partial charge >= 0.3 is 0 Å². The Bertz CT molecular complexity index is 378. The van der Waals surface area contributed by atoms with Gasteiger partial charge in [-0.2, -0.15) is 0 Å². The van der Waals surface area contributed by atoms with Gasteiger partial charge < -0.3 is 10.4 Å². The van der Waals surface area contributed by atoms with Crippen molar-refractivity contribution in [2.75, 3.05) is 5.33 Å². The van der Waals surface area contributed by atoms with Gasteiger partial charge in [0.25, 0.3) is 5.91 Å². The van der Waals surface area contributed by atoms with E-state index in [0.29, 0.717) is 5.56 Å². The van der Waals surface area contributed by atoms with Gasteiger partial charge in [0.1, 0.15) is 5.75 Å². The number of carbonyl (C=O) groups is 1. The second kappa shape index (κ2) is 6.05. The molecule has 1 aromatic rings. The van der Waals surface area contributed by atoms with Gasteiger partial charge in [-0.3, -0.25) is 4.79 Å². The summed E-state index contributed by atoms with van der Waals surface area (Å²) in [6.07, 6.45) is 1.76. The Labute approximate surface area is 110 Å². The Morgan fingerprint density at radius 2 is 2.00 bits per heavy atom. The van der Waals surface area contributed by atoms with Crippen LogP contribution < -0.4 is 5.32 Å². The number of halogens is 1. The molecule has 0 bridgehead atoms. The molecule has 0 radical (unpaired) electrons. The molecule has 0 saturated carbocycles. The van der Waals surface area contributed by atoms with Crippen molar-refractivity contribution in [2.24, 2.45) is 0 Å². The van der Waals surface area contributed by atoms with E-state index in [2.05, 4.69) is 28.2 Å². The number of hydrogen-bond donors (Lipinski definition) is 2. The Hall–Kier alpha value is -1.03. The molecule has 1 amide bonds. The summed E-state index contributed by atoms with van der Waals surface area (Å²) in [7, 11) is 0. The standard InChI is InChI=1S/C13H18BrNO2/c1-3-13(2,8-9-14)15-12(17)10-4-6-11(16)7-5-10/h4-7,16H,3,8-9H2,1-2H3,(H,15,17). The van der Waals surface area contributed by atoms with Crippen LogP contribution in [-0.2, 0) is 0 Å². The van der Waals surface area contributed by atoms with Gasteiger partial charge in [-0.1, -0.05) is 22.9 Å². The van der Waals surface area contributed by atoms with Crippen molar-refractivity contribution in [3.05, 3.63) is 29.8 Å². The monoisotopic (exact) mass is 299 g/mol. The quantitative estimate of drug-likeness (QED) is 0.821. The summed E-state index contributed by atoms with van der Waals surface area (Å²) in [4.78, 5) is 12.0. The molecule has 1 atom stereocenters. The lowest BCUT2D eigenvalue weighted by Gasteiger charge is -2.29. The Morgan fingerprint density at radius 3 is 2.47 bits per heavy atom. The lowest BCUT2D eigenvalue weighted by molar-refractivity contribution is 0.0902. The van der Waals surface area contributed by atoms with Crippen molar-refractivity contribution in [2.45, 2.75) is 32.2 Å². The fourth-order valence-corrected chi connectivity index (χ4v) is 2.37. The average Bonchev–Trinajstić information content (AvgIpc) is 2.30. The third-order valence-electron chi connectivity index (χ3n) is 2.97. The van der Waals surface area contributed by atoms with Crippen LogP contribution in [0.4, 0.5) is 0 Å². The van der Waals surface area contributed by atoms with E-state index in [9.17, 15) is 4.79 Å². The smallest absolute Gasteiger partial charge is 0.251 e. The maximum Gasteiger partial charge on any atom is 0.251 e. The van der Waals surface area contributed by atoms with Crippen LogP contribution in [0.25, 0.3) is 0 Å². The fourth-order valence-electron chi connectivity index (χ4n) is 1.50. The number of hydrogen-bond acceptors (Lipinski definition) is 2. The van der Waals surface area contributed by atoms with Crippen molar-refractivity contribution >= 4 is 21.8 Å². The van der Waals surface area contributed by atoms with Crippen LogP contribution in [0.3, 0.4) is 0 Å². The predicted octanol–water partition coefficient (Wildman–Crippen LogP) is 3.08. The molecule has 3 nitrogen and oxygen atoms in total. The molecule has 17 heavy (non-hydrogen) atoms. The van der Waals surface area contributed by atoms with Gasteiger partial charge in [0.15, 0.2) is 0 Å². The summed E-state index contributed by atoms with van der Waals surface area (Å²) in [5, 5.41) is 13.0. The van der Waals surface area contributed by atoms with E-state index >= 15 is 0 Å². The highest BCUT2D eigenvalue weighted by Gasteiger charge is 2.23. The molecule has 4 heteroatoms. The van der Waals surface area contributed by atoms with E-state index in [4.69, 9.17) is 5.11 Å². The molecule has 0 heterocycles. The summed E-state index contributed by atoms with van der Waals surface area (Å²) >= 11 is 3.40. The van der Waals surface area contributed by atoms with E-state index in [1.54, 1.807) is 12.1 Å². The molecule has 0 aliphatic carbocycles. The third kappa shape index (κ3) is 4.04. The van der Waals surface area contributed by atoms with Crippen molar-refractivity contribution in [1.82, 2.24) is 5.32 Å². The van der Waals surface area contributed by atoms with Crippen LogP contribution in [0.2, 0.25) is 0 Å². The highest BCUT2D eigenvalue weighted by molar-refractivity contribution is 9.09. The predicted molar refractivity (Wildman–Crippen MR) is 72.7 cm³/mol. The van der Waals surface area contributed by atoms with E-state index in [1.807, 2.05) is 6.92 Å². The molecule has 0 aliphatic rings. The van der Waals surface area contributed by atoms with Crippen LogP contribution in [0.15, 0.2) is 24.3 Å². The first-order valence-electron chi connectivity index (χ1n) is 5.68. The number of rotatable bonds is 5. The maximum atomic E-state index is 12.0. The van der Waals surface area contributed by atoms with Gasteiger partial charge in [0, 0.05) is 16.4 Å². The van der Waals surface area contributed by atoms with E-state index in [0.717, 1.165) is 18.2 Å². The molecule has 2 N–H and O–H groups in total. The third-order valence-corrected chi connectivity index (χ3v) is 3.37. The number of phenolic OH excluding ortho intramolecular Hbond substituents is 1. The van der Waals surface area contributed by atoms with Gasteiger partial charge in [-0.25, -0.2) is 0 Å². The van der Waals surface area contributed by atoms with Crippen LogP contribution in [-0.4, -0.2) is 21.9 Å². The molecule has 0 aliphatic heterocycles. The second-order valence-electron chi connectivity index (χ2n) is 4.35. The first-order valence-corrected chi connectivity index (χ1v) is 6.80. The van der Waals surface area contributed by atoms with Crippen molar-refractivity contribution in [3.63, 3.8) is 0 Å². The summed E-state index contributed by atoms with van der Waals surface area (Å²) in [5.41, 5.74) is 0.371. The Balaban J connectivity index is 2.74. The topological polar surface area (TPSA) is 49.3 Å². The molecular formula is C13H18BrNO2. The molecule has 0 aromatic heterocycles. The number of aromatic hydroxyl groups is 1. The molecule has 0 fully saturated rings. The van der Waals surface area contributed by atoms with Crippen molar-refractivity contribution in [1.29, 1.82) is 0 Å². The largest absolute Gasteiger partial charge is 0.508 e. The van der Waals surface area contributed by atoms with Crippen LogP contribution in [0.1, 0.15) is 37.0 Å². The Kier molecular flexibility index (Phi) is 5.00. The Morgan fingerprint density at radius 1 is 1.41 bits per heavy atom. The highest BCUT2D eigenvalue weighted by atomic mass is 79.9. The molecular weight excluding hydrogens is 282 g/mol. The number of nitrogens with one attached hydrogen (secondary N) is 1. The zero-order chi connectivity index (χ0) is 12.9. The van der Waals surface area contributed by atoms with Crippen molar-refractivity contribution in [3.8, 4) is 5.75 Å². The zero-order valence-corrected chi connectivity index (χ0v) is 11.8. The van der Waals surface area contributed by atoms with Gasteiger partial charge in [-0.15, -0.1) is 0 Å². The minimum atomic E-state index is -0.196. The SMILES string of the molecule is CCC(C)(CCBr)NC(=O)c1ccc(O)cc1. The van der Waals surface area contributed by atoms with E-state index in [1.165, 1.54) is 12.1 Å². The minimum Gasteiger partial charge on any atom is -0.508 e. The lowest BCUT2D eigenvalue weighted by atomic mass is 9.95. The molecule has 1 rings (SSSR count). The highest BCUT2D eigenvalue weighted by Crippen LogP contribution is 2.17. The number of alkyl halides is 1. The fraction of sp³-hybridized carbons (Fsp3) is 0.462. The average molecular weight is 300 g/mol. The van der Waals surface area contributed by atoms with Crippen LogP contribution in [0, 0.1) is 0 Å². The maximum absolute atomic E-state index is 12.0. The molecule has 0 saturated heterocycles. The number of benzene rings is 1. The minimum absolute atomic E-state index is 0.102. The van der Waals surface area contributed by atoms with Gasteiger partial charge in [0.05, 0.1) is 0 Å². The lowest BCUT2D eigenvalue weighted by Crippen LogP contribution is -2.45. The van der Waals surface area contributed by atoms with Crippen LogP contribution >= 0.6 is 15.9 Å². The second-order valence-corrected chi connectivity index (χ2v) is 5.15. The van der Waals surface area contributed by atoms with Crippen LogP contribution in [0.5, 0.6) is 5.75 Å². The molecule has 1 unspecified atom stereocenters. The summed E-state index contributed by atoms with van der Waals surface area (Å²) in [5.74, 6) is 0.0653. The first kappa shape index (κ1) is 14.0. The molecule has 94 valence electrons. The summed E-state index contributed by atoms with van der Waals surface area (Å²) in [6.45, 7) is 4.09. The summed E-state index contributed by atoms with van der Waals surface area (Å²) < 4.78 is 0. The number of amides is 1. The van der Waals surface area contributed by atoms with Gasteiger partial charge in [0.2, 0.25) is 0 Å².